The Bertz CT molecular complexity index is 1760. The first-order valence-electron chi connectivity index (χ1n) is 11.9. The zero-order valence-electron chi connectivity index (χ0n) is 20.5. The van der Waals surface area contributed by atoms with Crippen LogP contribution in [0.15, 0.2) is 109 Å². The quantitative estimate of drug-likeness (QED) is 0.121. The average Bonchev–Trinajstić information content (AvgIpc) is 2.96. The van der Waals surface area contributed by atoms with Gasteiger partial charge in [0, 0.05) is 17.3 Å². The fourth-order valence-corrected chi connectivity index (χ4v) is 4.26. The number of hydrogen-bond donors (Lipinski definition) is 1. The van der Waals surface area contributed by atoms with Gasteiger partial charge < -0.3 is 14.8 Å². The number of nitrogens with zero attached hydrogens (tertiary/aromatic N) is 1. The number of ether oxygens (including phenoxy) is 2. The van der Waals surface area contributed by atoms with Crippen molar-refractivity contribution in [3.63, 3.8) is 0 Å². The second kappa shape index (κ2) is 10.7. The van der Waals surface area contributed by atoms with Gasteiger partial charge in [-0.2, -0.15) is 5.26 Å². The fraction of sp³-hybridized carbons (Fsp3) is 0.0312. The van der Waals surface area contributed by atoms with E-state index in [1.165, 1.54) is 13.2 Å². The number of esters is 1. The van der Waals surface area contributed by atoms with Crippen LogP contribution in [0.5, 0.6) is 11.5 Å². The summed E-state index contributed by atoms with van der Waals surface area (Å²) < 4.78 is 11.1. The number of fused-ring (bicyclic) bond motifs is 2. The highest BCUT2D eigenvalue weighted by molar-refractivity contribution is 6.12. The number of carbonyl (C=O) groups is 2. The first kappa shape index (κ1) is 24.3. The van der Waals surface area contributed by atoms with Gasteiger partial charge in [0.1, 0.15) is 23.1 Å². The molecular formula is C32H22N2O4. The zero-order valence-corrected chi connectivity index (χ0v) is 20.5. The van der Waals surface area contributed by atoms with E-state index in [1.54, 1.807) is 42.5 Å². The molecule has 1 amide bonds. The van der Waals surface area contributed by atoms with Gasteiger partial charge in [0.2, 0.25) is 0 Å². The summed E-state index contributed by atoms with van der Waals surface area (Å²) in [5, 5.41) is 15.9. The third kappa shape index (κ3) is 4.95. The van der Waals surface area contributed by atoms with E-state index < -0.39 is 11.9 Å². The molecule has 0 bridgehead atoms. The van der Waals surface area contributed by atoms with Gasteiger partial charge in [0.05, 0.1) is 12.7 Å². The second-order valence-electron chi connectivity index (χ2n) is 8.47. The van der Waals surface area contributed by atoms with E-state index in [4.69, 9.17) is 9.47 Å². The van der Waals surface area contributed by atoms with E-state index in [0.29, 0.717) is 22.6 Å². The van der Waals surface area contributed by atoms with Crippen molar-refractivity contribution in [2.24, 2.45) is 0 Å². The van der Waals surface area contributed by atoms with Gasteiger partial charge in [-0.25, -0.2) is 4.79 Å². The summed E-state index contributed by atoms with van der Waals surface area (Å²) in [6, 6.07) is 32.8. The number of rotatable bonds is 6. The van der Waals surface area contributed by atoms with Gasteiger partial charge in [0.25, 0.3) is 5.91 Å². The van der Waals surface area contributed by atoms with Crippen molar-refractivity contribution in [3.8, 4) is 17.6 Å². The second-order valence-corrected chi connectivity index (χ2v) is 8.47. The first-order valence-corrected chi connectivity index (χ1v) is 11.9. The van der Waals surface area contributed by atoms with Crippen molar-refractivity contribution >= 4 is 45.2 Å². The Hall–Kier alpha value is -5.41. The summed E-state index contributed by atoms with van der Waals surface area (Å²) in [6.07, 6.45) is 1.45. The van der Waals surface area contributed by atoms with Crippen LogP contribution in [0.25, 0.3) is 27.6 Å². The molecule has 0 heterocycles. The molecule has 1 N–H and O–H groups in total. The molecule has 0 aliphatic heterocycles. The summed E-state index contributed by atoms with van der Waals surface area (Å²) in [4.78, 5) is 26.3. The number of hydrogen-bond acceptors (Lipinski definition) is 5. The maximum absolute atomic E-state index is 13.3. The van der Waals surface area contributed by atoms with Crippen LogP contribution in [0.1, 0.15) is 15.9 Å². The largest absolute Gasteiger partial charge is 0.497 e. The van der Waals surface area contributed by atoms with Crippen LogP contribution < -0.4 is 14.8 Å². The molecule has 6 heteroatoms. The molecule has 0 saturated heterocycles. The molecule has 0 aliphatic rings. The molecule has 5 aromatic carbocycles. The first-order chi connectivity index (χ1) is 18.6. The molecule has 0 spiro atoms. The lowest BCUT2D eigenvalue weighted by molar-refractivity contribution is -0.112. The molecule has 184 valence electrons. The summed E-state index contributed by atoms with van der Waals surface area (Å²) in [5.41, 5.74) is 1.21. The number of nitrogens with one attached hydrogen (secondary N) is 1. The van der Waals surface area contributed by atoms with E-state index in [2.05, 4.69) is 5.32 Å². The van der Waals surface area contributed by atoms with Gasteiger partial charge in [-0.15, -0.1) is 0 Å². The Morgan fingerprint density at radius 2 is 1.50 bits per heavy atom. The lowest BCUT2D eigenvalue weighted by Gasteiger charge is -2.13. The van der Waals surface area contributed by atoms with Gasteiger partial charge in [-0.1, -0.05) is 72.8 Å². The van der Waals surface area contributed by atoms with Gasteiger partial charge in [-0.05, 0) is 51.9 Å². The van der Waals surface area contributed by atoms with E-state index in [1.807, 2.05) is 66.7 Å². The SMILES string of the molecule is COc1cccc(NC(=O)/C(C#N)=C/c2c(OC(=O)c3cccc4ccccc34)ccc3ccccc23)c1. The molecule has 38 heavy (non-hydrogen) atoms. The molecule has 0 radical (unpaired) electrons. The lowest BCUT2D eigenvalue weighted by Crippen LogP contribution is -2.14. The molecule has 6 nitrogen and oxygen atoms in total. The molecule has 0 unspecified atom stereocenters. The van der Waals surface area contributed by atoms with Gasteiger partial charge in [0.15, 0.2) is 0 Å². The Labute approximate surface area is 219 Å². The van der Waals surface area contributed by atoms with E-state index in [-0.39, 0.29) is 11.3 Å². The van der Waals surface area contributed by atoms with Gasteiger partial charge >= 0.3 is 5.97 Å². The molecule has 0 atom stereocenters. The molecule has 0 aliphatic carbocycles. The molecule has 0 aromatic heterocycles. The summed E-state index contributed by atoms with van der Waals surface area (Å²) in [7, 11) is 1.53. The third-order valence-corrected chi connectivity index (χ3v) is 6.12. The Morgan fingerprint density at radius 3 is 2.26 bits per heavy atom. The standard InChI is InChI=1S/C32H22N2O4/c1-37-25-12-7-11-24(19-25)34-31(35)23(20-33)18-29-27-14-5-3-9-22(27)16-17-30(29)38-32(36)28-15-6-10-21-8-2-4-13-26(21)28/h2-19H,1H3,(H,34,35)/b23-18+. The summed E-state index contributed by atoms with van der Waals surface area (Å²) >= 11 is 0. The lowest BCUT2D eigenvalue weighted by atomic mass is 10.0. The number of carbonyl (C=O) groups excluding carboxylic acids is 2. The van der Waals surface area contributed by atoms with Crippen LogP contribution in [-0.4, -0.2) is 19.0 Å². The topological polar surface area (TPSA) is 88.4 Å². The number of benzene rings is 5. The molecule has 5 rings (SSSR count). The summed E-state index contributed by atoms with van der Waals surface area (Å²) in [6.45, 7) is 0. The Morgan fingerprint density at radius 1 is 0.816 bits per heavy atom. The van der Waals surface area contributed by atoms with Crippen LogP contribution >= 0.6 is 0 Å². The Kier molecular flexibility index (Phi) is 6.83. The predicted octanol–water partition coefficient (Wildman–Crippen LogP) is 6.77. The number of anilines is 1. The molecule has 0 fully saturated rings. The predicted molar refractivity (Wildman–Crippen MR) is 148 cm³/mol. The van der Waals surface area contributed by atoms with Crippen molar-refractivity contribution in [2.45, 2.75) is 0 Å². The van der Waals surface area contributed by atoms with Crippen molar-refractivity contribution in [3.05, 3.63) is 120 Å². The molecule has 0 saturated carbocycles. The van der Waals surface area contributed by atoms with Crippen LogP contribution in [0.4, 0.5) is 5.69 Å². The third-order valence-electron chi connectivity index (χ3n) is 6.12. The maximum atomic E-state index is 13.3. The van der Waals surface area contributed by atoms with Crippen molar-refractivity contribution < 1.29 is 19.1 Å². The van der Waals surface area contributed by atoms with Crippen LogP contribution in [-0.2, 0) is 4.79 Å². The van der Waals surface area contributed by atoms with Crippen molar-refractivity contribution in [1.82, 2.24) is 0 Å². The smallest absolute Gasteiger partial charge is 0.344 e. The molecular weight excluding hydrogens is 476 g/mol. The average molecular weight is 499 g/mol. The fourth-order valence-electron chi connectivity index (χ4n) is 4.26. The van der Waals surface area contributed by atoms with E-state index in [9.17, 15) is 14.9 Å². The van der Waals surface area contributed by atoms with Crippen LogP contribution in [0.2, 0.25) is 0 Å². The zero-order chi connectivity index (χ0) is 26.5. The minimum atomic E-state index is -0.597. The van der Waals surface area contributed by atoms with Crippen molar-refractivity contribution in [1.29, 1.82) is 5.26 Å². The summed E-state index contributed by atoms with van der Waals surface area (Å²) in [5.74, 6) is -0.323. The minimum absolute atomic E-state index is 0.147. The monoisotopic (exact) mass is 498 g/mol. The normalized spacial score (nSPS) is 11.1. The highest BCUT2D eigenvalue weighted by atomic mass is 16.5. The van der Waals surface area contributed by atoms with Crippen LogP contribution in [0.3, 0.4) is 0 Å². The molecule has 5 aromatic rings. The maximum Gasteiger partial charge on any atom is 0.344 e. The Balaban J connectivity index is 1.54. The van der Waals surface area contributed by atoms with E-state index >= 15 is 0 Å². The highest BCUT2D eigenvalue weighted by Crippen LogP contribution is 2.32. The number of methoxy groups -OCH3 is 1. The van der Waals surface area contributed by atoms with E-state index in [0.717, 1.165) is 21.5 Å². The van der Waals surface area contributed by atoms with Crippen LogP contribution in [0, 0.1) is 11.3 Å². The highest BCUT2D eigenvalue weighted by Gasteiger charge is 2.18. The number of nitriles is 1. The number of amides is 1. The van der Waals surface area contributed by atoms with Gasteiger partial charge in [-0.3, -0.25) is 4.79 Å². The minimum Gasteiger partial charge on any atom is -0.497 e. The van der Waals surface area contributed by atoms with Crippen molar-refractivity contribution in [2.75, 3.05) is 12.4 Å².